The fourth-order valence-electron chi connectivity index (χ4n) is 3.90. The fourth-order valence-corrected chi connectivity index (χ4v) is 3.90. The lowest BCUT2D eigenvalue weighted by atomic mass is 10.0. The van der Waals surface area contributed by atoms with Crippen LogP contribution in [-0.4, -0.2) is 40.7 Å². The first-order chi connectivity index (χ1) is 18.3. The number of rotatable bonds is 9. The van der Waals surface area contributed by atoms with Crippen molar-refractivity contribution in [2.24, 2.45) is 0 Å². The molecule has 8 nitrogen and oxygen atoms in total. The maximum absolute atomic E-state index is 12.8. The van der Waals surface area contributed by atoms with Crippen LogP contribution in [-0.2, 0) is 11.2 Å². The molecule has 0 aliphatic heterocycles. The topological polar surface area (TPSA) is 130 Å². The van der Waals surface area contributed by atoms with Crippen LogP contribution in [0.25, 0.3) is 28.4 Å². The van der Waals surface area contributed by atoms with E-state index in [1.165, 1.54) is 31.4 Å². The molecule has 196 valence electrons. The molecule has 3 aromatic carbocycles. The Morgan fingerprint density at radius 3 is 2.47 bits per heavy atom. The van der Waals surface area contributed by atoms with Crippen LogP contribution >= 0.6 is 0 Å². The van der Waals surface area contributed by atoms with E-state index in [1.54, 1.807) is 30.3 Å². The lowest BCUT2D eigenvalue weighted by Gasteiger charge is -2.10. The van der Waals surface area contributed by atoms with Gasteiger partial charge in [-0.2, -0.15) is 0 Å². The molecule has 0 unspecified atom stereocenters. The molecule has 0 fully saturated rings. The molecule has 0 radical (unpaired) electrons. The Balaban J connectivity index is 1.42. The van der Waals surface area contributed by atoms with E-state index in [9.17, 15) is 25.2 Å². The highest BCUT2D eigenvalue weighted by molar-refractivity contribution is 5.88. The molecule has 1 aromatic heterocycles. The van der Waals surface area contributed by atoms with Gasteiger partial charge >= 0.3 is 0 Å². The van der Waals surface area contributed by atoms with Crippen LogP contribution in [0.15, 0.2) is 81.5 Å². The fraction of sp³-hybridized carbons (Fsp3) is 0.167. The van der Waals surface area contributed by atoms with E-state index in [0.29, 0.717) is 24.5 Å². The second kappa shape index (κ2) is 11.6. The summed E-state index contributed by atoms with van der Waals surface area (Å²) in [5, 5.41) is 40.5. The smallest absolute Gasteiger partial charge is 0.197 e. The molecule has 4 N–H and O–H groups in total. The predicted molar refractivity (Wildman–Crippen MR) is 145 cm³/mol. The largest absolute Gasteiger partial charge is 0.508 e. The van der Waals surface area contributed by atoms with Gasteiger partial charge in [-0.25, -0.2) is 0 Å². The van der Waals surface area contributed by atoms with Crippen molar-refractivity contribution in [1.29, 1.82) is 0 Å². The molecule has 38 heavy (non-hydrogen) atoms. The van der Waals surface area contributed by atoms with Crippen molar-refractivity contribution in [2.75, 3.05) is 20.3 Å². The third-order valence-corrected chi connectivity index (χ3v) is 5.94. The molecule has 0 aliphatic rings. The number of phenolic OH excluding ortho intramolecular Hbond substituents is 4. The molecule has 0 amide bonds. The Morgan fingerprint density at radius 1 is 0.974 bits per heavy atom. The van der Waals surface area contributed by atoms with Crippen LogP contribution in [0, 0.1) is 0 Å². The minimum absolute atomic E-state index is 0.0152. The number of phenols is 4. The molecule has 0 aliphatic carbocycles. The maximum atomic E-state index is 12.8. The summed E-state index contributed by atoms with van der Waals surface area (Å²) in [4.78, 5) is 12.8. The summed E-state index contributed by atoms with van der Waals surface area (Å²) in [5.74, 6) is 0.270. The number of benzene rings is 3. The molecule has 8 heteroatoms. The number of ether oxygens (including phenoxy) is 2. The van der Waals surface area contributed by atoms with Gasteiger partial charge in [-0.05, 0) is 55.3 Å². The molecule has 0 saturated carbocycles. The van der Waals surface area contributed by atoms with Gasteiger partial charge in [-0.3, -0.25) is 4.79 Å². The van der Waals surface area contributed by atoms with E-state index >= 15 is 0 Å². The van der Waals surface area contributed by atoms with E-state index in [1.807, 2.05) is 25.2 Å². The first-order valence-corrected chi connectivity index (χ1v) is 11.8. The summed E-state index contributed by atoms with van der Waals surface area (Å²) >= 11 is 0. The van der Waals surface area contributed by atoms with Gasteiger partial charge in [0.2, 0.25) is 0 Å². The van der Waals surface area contributed by atoms with Crippen molar-refractivity contribution in [2.45, 2.75) is 13.3 Å². The van der Waals surface area contributed by atoms with Crippen molar-refractivity contribution in [3.63, 3.8) is 0 Å². The average molecular weight is 517 g/mol. The van der Waals surface area contributed by atoms with E-state index in [2.05, 4.69) is 0 Å². The number of methoxy groups -OCH3 is 1. The van der Waals surface area contributed by atoms with Gasteiger partial charge in [0.15, 0.2) is 16.9 Å². The van der Waals surface area contributed by atoms with Crippen LogP contribution in [0.4, 0.5) is 0 Å². The van der Waals surface area contributed by atoms with Crippen LogP contribution in [0.5, 0.6) is 28.7 Å². The van der Waals surface area contributed by atoms with Gasteiger partial charge < -0.3 is 34.3 Å². The minimum Gasteiger partial charge on any atom is -0.508 e. The normalized spacial score (nSPS) is 11.9. The molecule has 0 atom stereocenters. The SMILES string of the molecule is COc1cc(/C=C/COC/C(C)=C/Cc2c(O)cc3oc(-c4ccc(O)cc4)cc(=O)c3c2O)ccc1O. The zero-order chi connectivity index (χ0) is 27.2. The highest BCUT2D eigenvalue weighted by Crippen LogP contribution is 2.36. The summed E-state index contributed by atoms with van der Waals surface area (Å²) in [6, 6.07) is 13.8. The average Bonchev–Trinajstić information content (AvgIpc) is 2.89. The molecule has 1 heterocycles. The maximum Gasteiger partial charge on any atom is 0.197 e. The van der Waals surface area contributed by atoms with Crippen molar-refractivity contribution < 1.29 is 34.3 Å². The Bertz CT molecular complexity index is 1560. The highest BCUT2D eigenvalue weighted by Gasteiger charge is 2.17. The molecule has 4 aromatic rings. The monoisotopic (exact) mass is 516 g/mol. The zero-order valence-electron chi connectivity index (χ0n) is 21.0. The lowest BCUT2D eigenvalue weighted by Crippen LogP contribution is -2.03. The van der Waals surface area contributed by atoms with E-state index < -0.39 is 5.43 Å². The van der Waals surface area contributed by atoms with Gasteiger partial charge in [0.25, 0.3) is 0 Å². The second-order valence-corrected chi connectivity index (χ2v) is 8.72. The third kappa shape index (κ3) is 5.99. The Hall–Kier alpha value is -4.69. The first-order valence-electron chi connectivity index (χ1n) is 11.8. The van der Waals surface area contributed by atoms with Crippen LogP contribution < -0.4 is 10.2 Å². The molecule has 0 saturated heterocycles. The number of hydrogen-bond donors (Lipinski definition) is 4. The predicted octanol–water partition coefficient (Wildman–Crippen LogP) is 5.51. The zero-order valence-corrected chi connectivity index (χ0v) is 21.0. The van der Waals surface area contributed by atoms with Crippen LogP contribution in [0.1, 0.15) is 18.1 Å². The Kier molecular flexibility index (Phi) is 8.03. The van der Waals surface area contributed by atoms with Crippen molar-refractivity contribution in [3.05, 3.63) is 93.7 Å². The Morgan fingerprint density at radius 2 is 1.74 bits per heavy atom. The van der Waals surface area contributed by atoms with E-state index in [0.717, 1.165) is 11.1 Å². The Labute approximate surface area is 219 Å². The number of allylic oxidation sites excluding steroid dienone is 1. The lowest BCUT2D eigenvalue weighted by molar-refractivity contribution is 0.187. The standard InChI is InChI=1S/C30H28O8/c1-18(17-37-13-3-4-19-6-12-23(32)27(14-19)36-2)5-11-22-24(33)15-28-29(30(22)35)25(34)16-26(38-28)20-7-9-21(31)10-8-20/h3-10,12,14-16,31-33,35H,11,13,17H2,1-2H3/b4-3+,18-5+. The number of hydrogen-bond acceptors (Lipinski definition) is 8. The first kappa shape index (κ1) is 26.4. The minimum atomic E-state index is -0.449. The molecule has 4 rings (SSSR count). The van der Waals surface area contributed by atoms with Crippen LogP contribution in [0.2, 0.25) is 0 Å². The molecular weight excluding hydrogens is 488 g/mol. The summed E-state index contributed by atoms with van der Waals surface area (Å²) in [5.41, 5.74) is 2.12. The molecule has 0 spiro atoms. The van der Waals surface area contributed by atoms with Gasteiger partial charge in [0.1, 0.15) is 34.0 Å². The second-order valence-electron chi connectivity index (χ2n) is 8.72. The molecular formula is C30H28O8. The summed E-state index contributed by atoms with van der Waals surface area (Å²) in [7, 11) is 1.49. The van der Waals surface area contributed by atoms with E-state index in [4.69, 9.17) is 13.9 Å². The van der Waals surface area contributed by atoms with E-state index in [-0.39, 0.29) is 51.7 Å². The third-order valence-electron chi connectivity index (χ3n) is 5.94. The van der Waals surface area contributed by atoms with Gasteiger partial charge in [-0.15, -0.1) is 0 Å². The summed E-state index contributed by atoms with van der Waals surface area (Å²) in [6.45, 7) is 2.55. The summed E-state index contributed by atoms with van der Waals surface area (Å²) in [6.07, 6.45) is 5.68. The van der Waals surface area contributed by atoms with Crippen molar-refractivity contribution >= 4 is 17.0 Å². The quantitative estimate of drug-likeness (QED) is 0.169. The number of fused-ring (bicyclic) bond motifs is 1. The van der Waals surface area contributed by atoms with Gasteiger partial charge in [0, 0.05) is 23.3 Å². The van der Waals surface area contributed by atoms with Gasteiger partial charge in [0.05, 0.1) is 20.3 Å². The summed E-state index contributed by atoms with van der Waals surface area (Å²) < 4.78 is 16.5. The van der Waals surface area contributed by atoms with Crippen molar-refractivity contribution in [1.82, 2.24) is 0 Å². The van der Waals surface area contributed by atoms with Gasteiger partial charge in [-0.1, -0.05) is 29.9 Å². The van der Waals surface area contributed by atoms with Crippen molar-refractivity contribution in [3.8, 4) is 40.1 Å². The number of aromatic hydroxyl groups is 4. The van der Waals surface area contributed by atoms with Crippen LogP contribution in [0.3, 0.4) is 0 Å². The molecule has 0 bridgehead atoms. The highest BCUT2D eigenvalue weighted by atomic mass is 16.5.